The number of carbonyl (C=O) groups is 3. The first-order valence-corrected chi connectivity index (χ1v) is 30.3. The van der Waals surface area contributed by atoms with E-state index >= 15 is 0 Å². The summed E-state index contributed by atoms with van der Waals surface area (Å²) in [5.74, 6) is 0.859. The molecule has 0 aromatic rings. The Morgan fingerprint density at radius 2 is 0.567 bits per heavy atom. The SMILES string of the molecule is CCCCCCCCCCCCCCCCCCCCC(=O)OC[C@@H](COC(=O)CCCCCCCCCCCCCCCCCCC(C)C)OC(=O)CCCCCCCCCCC(C)CC. The molecule has 0 aromatic heterocycles. The van der Waals surface area contributed by atoms with Gasteiger partial charge in [0.05, 0.1) is 0 Å². The maximum Gasteiger partial charge on any atom is 0.306 e. The number of ether oxygens (including phenoxy) is 3. The van der Waals surface area contributed by atoms with Gasteiger partial charge in [-0.1, -0.05) is 304 Å². The fourth-order valence-electron chi connectivity index (χ4n) is 9.37. The van der Waals surface area contributed by atoms with Crippen molar-refractivity contribution in [1.29, 1.82) is 0 Å². The monoisotopic (exact) mass is 947 g/mol. The highest BCUT2D eigenvalue weighted by Crippen LogP contribution is 2.19. The normalized spacial score (nSPS) is 12.4. The quantitative estimate of drug-likeness (QED) is 0.0343. The predicted octanol–water partition coefficient (Wildman–Crippen LogP) is 20.0. The molecule has 67 heavy (non-hydrogen) atoms. The van der Waals surface area contributed by atoms with E-state index in [-0.39, 0.29) is 31.1 Å². The molecule has 0 amide bonds. The summed E-state index contributed by atoms with van der Waals surface area (Å²) < 4.78 is 16.9. The van der Waals surface area contributed by atoms with Crippen LogP contribution in [0.1, 0.15) is 343 Å². The minimum atomic E-state index is -0.763. The first kappa shape index (κ1) is 65.4. The van der Waals surface area contributed by atoms with E-state index in [2.05, 4.69) is 34.6 Å². The molecule has 0 fully saturated rings. The van der Waals surface area contributed by atoms with Crippen molar-refractivity contribution >= 4 is 17.9 Å². The van der Waals surface area contributed by atoms with Crippen molar-refractivity contribution in [3.05, 3.63) is 0 Å². The molecule has 0 rings (SSSR count). The van der Waals surface area contributed by atoms with Crippen molar-refractivity contribution in [2.24, 2.45) is 11.8 Å². The molecular formula is C61H118O6. The zero-order valence-electron chi connectivity index (χ0n) is 46.0. The second kappa shape index (κ2) is 53.8. The van der Waals surface area contributed by atoms with Gasteiger partial charge in [0, 0.05) is 19.3 Å². The summed E-state index contributed by atoms with van der Waals surface area (Å²) in [6.45, 7) is 11.4. The summed E-state index contributed by atoms with van der Waals surface area (Å²) in [4.78, 5) is 38.2. The lowest BCUT2D eigenvalue weighted by Gasteiger charge is -2.18. The fourth-order valence-corrected chi connectivity index (χ4v) is 9.37. The second-order valence-corrected chi connectivity index (χ2v) is 21.7. The molecule has 0 aliphatic rings. The van der Waals surface area contributed by atoms with E-state index in [0.717, 1.165) is 69.6 Å². The van der Waals surface area contributed by atoms with Crippen LogP contribution in [0.4, 0.5) is 0 Å². The summed E-state index contributed by atoms with van der Waals surface area (Å²) in [5.41, 5.74) is 0. The maximum atomic E-state index is 12.8. The van der Waals surface area contributed by atoms with E-state index < -0.39 is 6.10 Å². The topological polar surface area (TPSA) is 78.9 Å². The molecule has 0 spiro atoms. The number of hydrogen-bond acceptors (Lipinski definition) is 6. The number of hydrogen-bond donors (Lipinski definition) is 0. The molecule has 0 N–H and O–H groups in total. The van der Waals surface area contributed by atoms with Crippen LogP contribution < -0.4 is 0 Å². The van der Waals surface area contributed by atoms with E-state index in [9.17, 15) is 14.4 Å². The zero-order chi connectivity index (χ0) is 48.9. The van der Waals surface area contributed by atoms with Crippen molar-refractivity contribution in [2.75, 3.05) is 13.2 Å². The predicted molar refractivity (Wildman–Crippen MR) is 289 cm³/mol. The van der Waals surface area contributed by atoms with E-state index in [4.69, 9.17) is 14.2 Å². The largest absolute Gasteiger partial charge is 0.462 e. The van der Waals surface area contributed by atoms with Gasteiger partial charge >= 0.3 is 17.9 Å². The zero-order valence-corrected chi connectivity index (χ0v) is 46.0. The fraction of sp³-hybridized carbons (Fsp3) is 0.951. The van der Waals surface area contributed by atoms with Crippen LogP contribution in [0.2, 0.25) is 0 Å². The van der Waals surface area contributed by atoms with Crippen LogP contribution in [0.5, 0.6) is 0 Å². The van der Waals surface area contributed by atoms with Crippen LogP contribution in [0, 0.1) is 11.8 Å². The molecule has 0 aliphatic carbocycles. The van der Waals surface area contributed by atoms with Crippen LogP contribution in [-0.4, -0.2) is 37.2 Å². The highest BCUT2D eigenvalue weighted by atomic mass is 16.6. The summed E-state index contributed by atoms with van der Waals surface area (Å²) >= 11 is 0. The third-order valence-electron chi connectivity index (χ3n) is 14.3. The van der Waals surface area contributed by atoms with Crippen LogP contribution in [-0.2, 0) is 28.6 Å². The Morgan fingerprint density at radius 3 is 0.851 bits per heavy atom. The Balaban J connectivity index is 4.25. The van der Waals surface area contributed by atoms with Gasteiger partial charge in [-0.2, -0.15) is 0 Å². The number of rotatable bonds is 55. The van der Waals surface area contributed by atoms with Crippen molar-refractivity contribution in [3.8, 4) is 0 Å². The standard InChI is InChI=1S/C61H118O6/c1-6-8-9-10-11-12-13-14-15-16-17-21-24-27-30-36-41-46-51-59(62)65-54-58(67-61(64)53-48-43-38-33-32-35-40-45-50-57(5)7-2)55-66-60(63)52-47-42-37-31-28-25-22-19-18-20-23-26-29-34-39-44-49-56(3)4/h56-58H,6-55H2,1-5H3/t57?,58-/m0/s1. The highest BCUT2D eigenvalue weighted by Gasteiger charge is 2.19. The van der Waals surface area contributed by atoms with Gasteiger partial charge in [-0.05, 0) is 31.1 Å². The third kappa shape index (κ3) is 53.6. The van der Waals surface area contributed by atoms with Gasteiger partial charge in [0.15, 0.2) is 6.10 Å². The second-order valence-electron chi connectivity index (χ2n) is 21.7. The Labute approximate surface area is 418 Å². The van der Waals surface area contributed by atoms with E-state index in [1.165, 1.54) is 231 Å². The first-order chi connectivity index (χ1) is 32.8. The Bertz CT molecular complexity index is 1030. The van der Waals surface area contributed by atoms with Crippen molar-refractivity contribution in [1.82, 2.24) is 0 Å². The summed E-state index contributed by atoms with van der Waals surface area (Å²) in [6.07, 6.45) is 58.1. The van der Waals surface area contributed by atoms with Crippen molar-refractivity contribution in [2.45, 2.75) is 349 Å². The molecule has 398 valence electrons. The summed E-state index contributed by atoms with van der Waals surface area (Å²) in [5, 5.41) is 0. The minimum Gasteiger partial charge on any atom is -0.462 e. The lowest BCUT2D eigenvalue weighted by atomic mass is 9.99. The average Bonchev–Trinajstić information content (AvgIpc) is 3.31. The lowest BCUT2D eigenvalue weighted by molar-refractivity contribution is -0.167. The van der Waals surface area contributed by atoms with Gasteiger partial charge in [0.1, 0.15) is 13.2 Å². The number of esters is 3. The molecule has 0 saturated carbocycles. The van der Waals surface area contributed by atoms with E-state index in [1.54, 1.807) is 0 Å². The first-order valence-electron chi connectivity index (χ1n) is 30.3. The van der Waals surface area contributed by atoms with Gasteiger partial charge in [0.25, 0.3) is 0 Å². The van der Waals surface area contributed by atoms with E-state index in [1.807, 2.05) is 0 Å². The molecule has 0 heterocycles. The molecule has 0 saturated heterocycles. The summed E-state index contributed by atoms with van der Waals surface area (Å²) in [7, 11) is 0. The van der Waals surface area contributed by atoms with Crippen LogP contribution in [0.15, 0.2) is 0 Å². The van der Waals surface area contributed by atoms with Gasteiger partial charge in [-0.25, -0.2) is 0 Å². The molecule has 0 aliphatic heterocycles. The van der Waals surface area contributed by atoms with Crippen molar-refractivity contribution in [3.63, 3.8) is 0 Å². The van der Waals surface area contributed by atoms with Gasteiger partial charge in [-0.15, -0.1) is 0 Å². The number of unbranched alkanes of at least 4 members (excludes halogenated alkanes) is 39. The molecule has 2 atom stereocenters. The molecule has 6 heteroatoms. The van der Waals surface area contributed by atoms with Crippen LogP contribution >= 0.6 is 0 Å². The Hall–Kier alpha value is -1.59. The number of carbonyl (C=O) groups excluding carboxylic acids is 3. The highest BCUT2D eigenvalue weighted by molar-refractivity contribution is 5.71. The van der Waals surface area contributed by atoms with Crippen molar-refractivity contribution < 1.29 is 28.6 Å². The third-order valence-corrected chi connectivity index (χ3v) is 14.3. The molecular weight excluding hydrogens is 829 g/mol. The maximum absolute atomic E-state index is 12.8. The molecule has 0 bridgehead atoms. The van der Waals surface area contributed by atoms with Gasteiger partial charge in [-0.3, -0.25) is 14.4 Å². The Morgan fingerprint density at radius 1 is 0.313 bits per heavy atom. The molecule has 0 radical (unpaired) electrons. The van der Waals surface area contributed by atoms with Gasteiger partial charge in [0.2, 0.25) is 0 Å². The molecule has 6 nitrogen and oxygen atoms in total. The minimum absolute atomic E-state index is 0.0629. The average molecular weight is 948 g/mol. The smallest absolute Gasteiger partial charge is 0.306 e. The van der Waals surface area contributed by atoms with Crippen LogP contribution in [0.3, 0.4) is 0 Å². The van der Waals surface area contributed by atoms with Gasteiger partial charge < -0.3 is 14.2 Å². The lowest BCUT2D eigenvalue weighted by Crippen LogP contribution is -2.30. The van der Waals surface area contributed by atoms with E-state index in [0.29, 0.717) is 19.3 Å². The molecule has 0 aromatic carbocycles. The Kier molecular flexibility index (Phi) is 52.5. The summed E-state index contributed by atoms with van der Waals surface area (Å²) in [6, 6.07) is 0. The van der Waals surface area contributed by atoms with Crippen LogP contribution in [0.25, 0.3) is 0 Å². The molecule has 1 unspecified atom stereocenters.